The van der Waals surface area contributed by atoms with Gasteiger partial charge >= 0.3 is 0 Å². The van der Waals surface area contributed by atoms with Gasteiger partial charge < -0.3 is 0 Å². The maximum atomic E-state index is 13.0. The van der Waals surface area contributed by atoms with Gasteiger partial charge in [0, 0.05) is 5.56 Å². The van der Waals surface area contributed by atoms with Crippen molar-refractivity contribution in [3.8, 4) is 0 Å². The molecule has 0 N–H and O–H groups in total. The molecule has 0 fully saturated rings. The molecule has 1 aromatic rings. The topological polar surface area (TPSA) is 0 Å². The number of halogens is 6. The Labute approximate surface area is 87.4 Å². The molecule has 0 amide bonds. The van der Waals surface area contributed by atoms with E-state index in [0.29, 0.717) is 0 Å². The molecule has 0 aliphatic heterocycles. The van der Waals surface area contributed by atoms with Crippen molar-refractivity contribution in [1.82, 2.24) is 0 Å². The van der Waals surface area contributed by atoms with E-state index in [4.69, 9.17) is 23.2 Å². The van der Waals surface area contributed by atoms with Gasteiger partial charge in [-0.05, 0) is 12.5 Å². The van der Waals surface area contributed by atoms with Gasteiger partial charge in [0.2, 0.25) is 0 Å². The summed E-state index contributed by atoms with van der Waals surface area (Å²) >= 11 is 10.6. The Balaban J connectivity index is 3.60. The Bertz CT molecular complexity index is 347. The molecule has 0 radical (unpaired) electrons. The molecule has 0 heterocycles. The summed E-state index contributed by atoms with van der Waals surface area (Å²) in [6.45, 7) is 1.06. The molecule has 0 bridgehead atoms. The Morgan fingerprint density at radius 1 is 0.857 bits per heavy atom. The summed E-state index contributed by atoms with van der Waals surface area (Å²) in [5.74, 6) is -6.81. The van der Waals surface area contributed by atoms with E-state index in [1.807, 2.05) is 0 Å². The van der Waals surface area contributed by atoms with Crippen LogP contribution in [-0.4, -0.2) is 0 Å². The van der Waals surface area contributed by atoms with Crippen molar-refractivity contribution < 1.29 is 17.6 Å². The van der Waals surface area contributed by atoms with Crippen LogP contribution in [0.1, 0.15) is 16.0 Å². The van der Waals surface area contributed by atoms with Crippen LogP contribution in [0.3, 0.4) is 0 Å². The van der Waals surface area contributed by atoms with Crippen LogP contribution in [0, 0.1) is 30.2 Å². The van der Waals surface area contributed by atoms with Crippen LogP contribution in [0.4, 0.5) is 17.6 Å². The van der Waals surface area contributed by atoms with Crippen LogP contribution in [0.25, 0.3) is 0 Å². The molecule has 6 heteroatoms. The van der Waals surface area contributed by atoms with Crippen LogP contribution in [0.5, 0.6) is 0 Å². The summed E-state index contributed by atoms with van der Waals surface area (Å²) in [5, 5.41) is 0. The fraction of sp³-hybridized carbons (Fsp3) is 0.250. The van der Waals surface area contributed by atoms with Crippen LogP contribution in [0.2, 0.25) is 0 Å². The Hall–Kier alpha value is -0.480. The highest BCUT2D eigenvalue weighted by molar-refractivity contribution is 6.44. The van der Waals surface area contributed by atoms with E-state index >= 15 is 0 Å². The van der Waals surface area contributed by atoms with Gasteiger partial charge in [0.15, 0.2) is 23.3 Å². The summed E-state index contributed by atoms with van der Waals surface area (Å²) in [6, 6.07) is 0. The van der Waals surface area contributed by atoms with E-state index in [1.54, 1.807) is 0 Å². The first-order valence-electron chi connectivity index (χ1n) is 3.48. The van der Waals surface area contributed by atoms with E-state index in [-0.39, 0.29) is 0 Å². The second-order valence-electron chi connectivity index (χ2n) is 2.60. The predicted molar refractivity (Wildman–Crippen MR) is 45.5 cm³/mol. The van der Waals surface area contributed by atoms with E-state index < -0.39 is 39.2 Å². The van der Waals surface area contributed by atoms with Gasteiger partial charge in [-0.25, -0.2) is 17.6 Å². The lowest BCUT2D eigenvalue weighted by Gasteiger charge is -2.10. The third kappa shape index (κ3) is 1.68. The molecule has 0 aliphatic rings. The van der Waals surface area contributed by atoms with Gasteiger partial charge in [0.05, 0.1) is 0 Å². The predicted octanol–water partition coefficient (Wildman–Crippen LogP) is 4.03. The minimum atomic E-state index is -1.91. The lowest BCUT2D eigenvalue weighted by Crippen LogP contribution is -2.05. The zero-order valence-electron chi connectivity index (χ0n) is 6.85. The first-order valence-corrected chi connectivity index (χ1v) is 4.35. The van der Waals surface area contributed by atoms with Gasteiger partial charge in [0.25, 0.3) is 0 Å². The molecular formula is C8H4Cl2F4. The van der Waals surface area contributed by atoms with Crippen molar-refractivity contribution in [2.75, 3.05) is 0 Å². The molecule has 0 nitrogen and oxygen atoms in total. The van der Waals surface area contributed by atoms with Crippen LogP contribution >= 0.6 is 23.2 Å². The zero-order chi connectivity index (χ0) is 11.0. The fourth-order valence-corrected chi connectivity index (χ4v) is 1.54. The van der Waals surface area contributed by atoms with E-state index in [1.165, 1.54) is 0 Å². The van der Waals surface area contributed by atoms with Crippen molar-refractivity contribution in [2.24, 2.45) is 0 Å². The van der Waals surface area contributed by atoms with Crippen molar-refractivity contribution >= 4 is 23.2 Å². The number of benzene rings is 1. The SMILES string of the molecule is Cc1c(F)c(F)c(F)c(F)c1C(Cl)Cl. The third-order valence-corrected chi connectivity index (χ3v) is 2.20. The standard InChI is InChI=1S/C8H4Cl2F4/c1-2-3(8(9)10)5(12)7(14)6(13)4(2)11/h8H,1H3. The molecule has 0 aliphatic carbocycles. The molecule has 0 aromatic heterocycles. The van der Waals surface area contributed by atoms with Crippen molar-refractivity contribution in [1.29, 1.82) is 0 Å². The van der Waals surface area contributed by atoms with Crippen molar-refractivity contribution in [2.45, 2.75) is 11.8 Å². The van der Waals surface area contributed by atoms with Crippen molar-refractivity contribution in [3.63, 3.8) is 0 Å². The summed E-state index contributed by atoms with van der Waals surface area (Å²) in [5.41, 5.74) is -1.01. The highest BCUT2D eigenvalue weighted by Crippen LogP contribution is 2.33. The molecule has 0 saturated heterocycles. The molecular weight excluding hydrogens is 243 g/mol. The Kier molecular flexibility index (Phi) is 3.27. The number of hydrogen-bond donors (Lipinski definition) is 0. The Morgan fingerprint density at radius 3 is 1.71 bits per heavy atom. The average molecular weight is 247 g/mol. The summed E-state index contributed by atoms with van der Waals surface area (Å²) in [4.78, 5) is -1.44. The van der Waals surface area contributed by atoms with E-state index in [0.717, 1.165) is 6.92 Å². The van der Waals surface area contributed by atoms with Gasteiger partial charge in [-0.15, -0.1) is 0 Å². The highest BCUT2D eigenvalue weighted by Gasteiger charge is 2.25. The van der Waals surface area contributed by atoms with Crippen molar-refractivity contribution in [3.05, 3.63) is 34.4 Å². The average Bonchev–Trinajstić information content (AvgIpc) is 2.11. The number of alkyl halides is 2. The van der Waals surface area contributed by atoms with Gasteiger partial charge in [-0.1, -0.05) is 23.2 Å². The molecule has 1 rings (SSSR count). The molecule has 78 valence electrons. The molecule has 1 aromatic carbocycles. The van der Waals surface area contributed by atoms with E-state index in [9.17, 15) is 17.6 Å². The molecule has 0 spiro atoms. The molecule has 0 atom stereocenters. The number of hydrogen-bond acceptors (Lipinski definition) is 0. The third-order valence-electron chi connectivity index (χ3n) is 1.77. The lowest BCUT2D eigenvalue weighted by molar-refractivity contribution is 0.401. The summed E-state index contributed by atoms with van der Waals surface area (Å²) < 4.78 is 51.2. The normalized spacial score (nSPS) is 11.1. The number of rotatable bonds is 1. The zero-order valence-corrected chi connectivity index (χ0v) is 8.36. The quantitative estimate of drug-likeness (QED) is 0.304. The van der Waals surface area contributed by atoms with Gasteiger partial charge in [-0.3, -0.25) is 0 Å². The summed E-state index contributed by atoms with van der Waals surface area (Å²) in [6.07, 6.45) is 0. The van der Waals surface area contributed by atoms with Gasteiger partial charge in [0.1, 0.15) is 4.84 Å². The molecule has 0 saturated carbocycles. The molecule has 14 heavy (non-hydrogen) atoms. The fourth-order valence-electron chi connectivity index (χ4n) is 1.02. The van der Waals surface area contributed by atoms with E-state index in [2.05, 4.69) is 0 Å². The second-order valence-corrected chi connectivity index (χ2v) is 3.69. The minimum Gasteiger partial charge on any atom is -0.203 e. The first kappa shape index (κ1) is 11.6. The molecule has 0 unspecified atom stereocenters. The maximum Gasteiger partial charge on any atom is 0.197 e. The monoisotopic (exact) mass is 246 g/mol. The lowest BCUT2D eigenvalue weighted by atomic mass is 10.1. The largest absolute Gasteiger partial charge is 0.203 e. The highest BCUT2D eigenvalue weighted by atomic mass is 35.5. The van der Waals surface area contributed by atoms with Crippen LogP contribution in [-0.2, 0) is 0 Å². The minimum absolute atomic E-state index is 0.434. The first-order chi connectivity index (χ1) is 6.37. The van der Waals surface area contributed by atoms with Crippen LogP contribution in [0.15, 0.2) is 0 Å². The van der Waals surface area contributed by atoms with Crippen LogP contribution < -0.4 is 0 Å². The maximum absolute atomic E-state index is 13.0. The smallest absolute Gasteiger partial charge is 0.197 e. The summed E-state index contributed by atoms with van der Waals surface area (Å²) in [7, 11) is 0. The van der Waals surface area contributed by atoms with Gasteiger partial charge in [-0.2, -0.15) is 0 Å². The Morgan fingerprint density at radius 2 is 1.29 bits per heavy atom. The second kappa shape index (κ2) is 3.95.